The number of ether oxygens (including phenoxy) is 2. The van der Waals surface area contributed by atoms with E-state index < -0.39 is 0 Å². The van der Waals surface area contributed by atoms with E-state index in [1.807, 2.05) is 49.4 Å². The number of aromatic nitrogens is 1. The van der Waals surface area contributed by atoms with Crippen molar-refractivity contribution in [1.29, 1.82) is 0 Å². The average molecular weight is 608 g/mol. The Hall–Kier alpha value is -5.09. The maximum Gasteiger partial charge on any atom is 0.355 e. The van der Waals surface area contributed by atoms with Crippen molar-refractivity contribution in [2.24, 2.45) is 0 Å². The van der Waals surface area contributed by atoms with Crippen LogP contribution in [0, 0.1) is 6.92 Å². The molecule has 0 spiro atoms. The first kappa shape index (κ1) is 30.9. The second-order valence-corrected chi connectivity index (χ2v) is 12.8. The molecule has 4 heteroatoms. The minimum absolute atomic E-state index is 0.0363. The van der Waals surface area contributed by atoms with Gasteiger partial charge in [-0.25, -0.2) is 4.79 Å². The van der Waals surface area contributed by atoms with Gasteiger partial charge in [-0.3, -0.25) is 0 Å². The van der Waals surface area contributed by atoms with E-state index in [0.29, 0.717) is 25.5 Å². The van der Waals surface area contributed by atoms with Gasteiger partial charge in [0.2, 0.25) is 0 Å². The van der Waals surface area contributed by atoms with Crippen LogP contribution in [0.15, 0.2) is 121 Å². The van der Waals surface area contributed by atoms with Crippen molar-refractivity contribution in [3.63, 3.8) is 0 Å². The highest BCUT2D eigenvalue weighted by Gasteiger charge is 2.26. The van der Waals surface area contributed by atoms with Gasteiger partial charge in [0.1, 0.15) is 18.1 Å². The third-order valence-corrected chi connectivity index (χ3v) is 8.59. The lowest BCUT2D eigenvalue weighted by Gasteiger charge is -2.19. The molecular formula is C42H41NO3. The molecule has 0 aliphatic heterocycles. The second kappa shape index (κ2) is 13.1. The average Bonchev–Trinajstić information content (AvgIpc) is 3.39. The van der Waals surface area contributed by atoms with E-state index in [-0.39, 0.29) is 11.4 Å². The van der Waals surface area contributed by atoms with Gasteiger partial charge in [0.25, 0.3) is 0 Å². The highest BCUT2D eigenvalue weighted by atomic mass is 16.5. The molecule has 0 saturated carbocycles. The number of carbonyl (C=O) groups excluding carboxylic acids is 1. The Morgan fingerprint density at radius 2 is 1.39 bits per heavy atom. The molecule has 1 aromatic heterocycles. The fraction of sp³-hybridized carbons (Fsp3) is 0.214. The molecule has 46 heavy (non-hydrogen) atoms. The minimum Gasteiger partial charge on any atom is -0.489 e. The Labute approximate surface area is 272 Å². The topological polar surface area (TPSA) is 40.5 Å². The van der Waals surface area contributed by atoms with E-state index in [0.717, 1.165) is 55.6 Å². The summed E-state index contributed by atoms with van der Waals surface area (Å²) in [6.07, 6.45) is 0. The van der Waals surface area contributed by atoms with Gasteiger partial charge in [-0.2, -0.15) is 0 Å². The number of benzene rings is 5. The van der Waals surface area contributed by atoms with Crippen LogP contribution in [0.25, 0.3) is 33.2 Å². The van der Waals surface area contributed by atoms with Crippen LogP contribution in [0.4, 0.5) is 0 Å². The minimum atomic E-state index is -0.312. The molecular weight excluding hydrogens is 566 g/mol. The van der Waals surface area contributed by atoms with Crippen molar-refractivity contribution in [1.82, 2.24) is 4.57 Å². The molecule has 0 aliphatic carbocycles. The summed E-state index contributed by atoms with van der Waals surface area (Å²) in [6, 6.07) is 41.8. The normalized spacial score (nSPS) is 11.5. The predicted octanol–water partition coefficient (Wildman–Crippen LogP) is 10.4. The van der Waals surface area contributed by atoms with Gasteiger partial charge in [-0.15, -0.1) is 0 Å². The van der Waals surface area contributed by atoms with Gasteiger partial charge in [0.15, 0.2) is 0 Å². The summed E-state index contributed by atoms with van der Waals surface area (Å²) < 4.78 is 13.8. The molecule has 0 N–H and O–H groups in total. The molecule has 6 aromatic rings. The number of aryl methyl sites for hydroxylation is 1. The van der Waals surface area contributed by atoms with Gasteiger partial charge in [0.05, 0.1) is 6.61 Å². The fourth-order valence-electron chi connectivity index (χ4n) is 5.98. The van der Waals surface area contributed by atoms with Crippen molar-refractivity contribution >= 4 is 16.9 Å². The van der Waals surface area contributed by atoms with Crippen LogP contribution in [0.5, 0.6) is 5.75 Å². The number of para-hydroxylation sites is 1. The maximum absolute atomic E-state index is 13.7. The molecule has 1 heterocycles. The highest BCUT2D eigenvalue weighted by Crippen LogP contribution is 2.38. The van der Waals surface area contributed by atoms with E-state index >= 15 is 0 Å². The van der Waals surface area contributed by atoms with Crippen molar-refractivity contribution in [3.05, 3.63) is 149 Å². The SMILES string of the molecule is CCOC(=O)c1c(-c2ccc(C(C)(C)C)cc2)c2ccccc2n1Cc1cc(-c2ccc(OCc3ccccc3)cc2)ccc1C. The van der Waals surface area contributed by atoms with E-state index in [1.165, 1.54) is 5.56 Å². The van der Waals surface area contributed by atoms with Crippen LogP contribution in [0.2, 0.25) is 0 Å². The van der Waals surface area contributed by atoms with Crippen LogP contribution < -0.4 is 4.74 Å². The van der Waals surface area contributed by atoms with Gasteiger partial charge in [0, 0.05) is 23.0 Å². The number of esters is 1. The van der Waals surface area contributed by atoms with Crippen LogP contribution in [0.1, 0.15) is 60.4 Å². The molecule has 0 bridgehead atoms. The first-order valence-corrected chi connectivity index (χ1v) is 16.0. The zero-order valence-electron chi connectivity index (χ0n) is 27.3. The number of fused-ring (bicyclic) bond motifs is 1. The summed E-state index contributed by atoms with van der Waals surface area (Å²) in [7, 11) is 0. The summed E-state index contributed by atoms with van der Waals surface area (Å²) in [4.78, 5) is 13.7. The van der Waals surface area contributed by atoms with Crippen molar-refractivity contribution in [2.45, 2.75) is 53.2 Å². The third-order valence-electron chi connectivity index (χ3n) is 8.59. The largest absolute Gasteiger partial charge is 0.489 e. The lowest BCUT2D eigenvalue weighted by Crippen LogP contribution is -2.15. The van der Waals surface area contributed by atoms with Crippen molar-refractivity contribution < 1.29 is 14.3 Å². The van der Waals surface area contributed by atoms with Crippen molar-refractivity contribution in [2.75, 3.05) is 6.61 Å². The van der Waals surface area contributed by atoms with Gasteiger partial charge < -0.3 is 14.0 Å². The standard InChI is InChI=1S/C42H41NO3/c1-6-45-41(44)40-39(32-18-22-35(23-19-32)42(3,4)5)37-14-10-11-15-38(37)43(40)27-34-26-33(17-16-29(34)2)31-20-24-36(25-21-31)46-28-30-12-8-7-9-13-30/h7-26H,6,27-28H2,1-5H3. The van der Waals surface area contributed by atoms with Gasteiger partial charge in [-0.05, 0) is 82.5 Å². The van der Waals surface area contributed by atoms with Crippen LogP contribution in [-0.2, 0) is 23.3 Å². The summed E-state index contributed by atoms with van der Waals surface area (Å²) in [5, 5.41) is 1.04. The monoisotopic (exact) mass is 607 g/mol. The molecule has 0 saturated heterocycles. The Balaban J connectivity index is 1.37. The number of hydrogen-bond acceptors (Lipinski definition) is 3. The second-order valence-electron chi connectivity index (χ2n) is 12.8. The Kier molecular flexibility index (Phi) is 8.81. The Morgan fingerprint density at radius 3 is 2.09 bits per heavy atom. The molecule has 5 aromatic carbocycles. The summed E-state index contributed by atoms with van der Waals surface area (Å²) in [6.45, 7) is 12.0. The quantitative estimate of drug-likeness (QED) is 0.154. The predicted molar refractivity (Wildman–Crippen MR) is 189 cm³/mol. The van der Waals surface area contributed by atoms with Crippen LogP contribution >= 0.6 is 0 Å². The molecule has 0 fully saturated rings. The number of carbonyl (C=O) groups is 1. The molecule has 6 rings (SSSR count). The molecule has 0 amide bonds. The fourth-order valence-corrected chi connectivity index (χ4v) is 5.98. The molecule has 0 atom stereocenters. The molecule has 0 aliphatic rings. The lowest BCUT2D eigenvalue weighted by molar-refractivity contribution is 0.0516. The van der Waals surface area contributed by atoms with Gasteiger partial charge in [-0.1, -0.05) is 118 Å². The molecule has 232 valence electrons. The first-order valence-electron chi connectivity index (χ1n) is 16.0. The zero-order valence-corrected chi connectivity index (χ0v) is 27.3. The van der Waals surface area contributed by atoms with E-state index in [1.54, 1.807) is 0 Å². The lowest BCUT2D eigenvalue weighted by atomic mass is 9.86. The molecule has 4 nitrogen and oxygen atoms in total. The third kappa shape index (κ3) is 6.48. The first-order chi connectivity index (χ1) is 22.2. The maximum atomic E-state index is 13.7. The van der Waals surface area contributed by atoms with Gasteiger partial charge >= 0.3 is 5.97 Å². The van der Waals surface area contributed by atoms with E-state index in [4.69, 9.17) is 9.47 Å². The van der Waals surface area contributed by atoms with Crippen LogP contribution in [0.3, 0.4) is 0 Å². The summed E-state index contributed by atoms with van der Waals surface area (Å²) in [5.74, 6) is 0.523. The Morgan fingerprint density at radius 1 is 0.739 bits per heavy atom. The number of hydrogen-bond donors (Lipinski definition) is 0. The molecule has 0 unspecified atom stereocenters. The summed E-state index contributed by atoms with van der Waals surface area (Å²) in [5.41, 5.74) is 10.5. The smallest absolute Gasteiger partial charge is 0.355 e. The van der Waals surface area contributed by atoms with Crippen molar-refractivity contribution in [3.8, 4) is 28.0 Å². The number of nitrogens with zero attached hydrogens (tertiary/aromatic N) is 1. The Bertz CT molecular complexity index is 1960. The highest BCUT2D eigenvalue weighted by molar-refractivity contribution is 6.08. The van der Waals surface area contributed by atoms with E-state index in [2.05, 4.69) is 111 Å². The molecule has 0 radical (unpaired) electrons. The zero-order chi connectivity index (χ0) is 32.3. The number of rotatable bonds is 9. The summed E-state index contributed by atoms with van der Waals surface area (Å²) >= 11 is 0. The van der Waals surface area contributed by atoms with Crippen LogP contribution in [-0.4, -0.2) is 17.1 Å². The van der Waals surface area contributed by atoms with E-state index in [9.17, 15) is 4.79 Å².